The van der Waals surface area contributed by atoms with Gasteiger partial charge in [0.1, 0.15) is 5.75 Å². The molecule has 0 aliphatic heterocycles. The minimum Gasteiger partial charge on any atom is -0.497 e. The van der Waals surface area contributed by atoms with Crippen molar-refractivity contribution in [1.82, 2.24) is 9.97 Å². The van der Waals surface area contributed by atoms with Gasteiger partial charge in [0, 0.05) is 12.4 Å². The number of rotatable bonds is 3. The van der Waals surface area contributed by atoms with Gasteiger partial charge in [-0.05, 0) is 24.3 Å². The summed E-state index contributed by atoms with van der Waals surface area (Å²) in [5.41, 5.74) is 0.338. The second-order valence-electron chi connectivity index (χ2n) is 3.37. The molecule has 0 aliphatic rings. The second kappa shape index (κ2) is 5.46. The smallest absolute Gasteiger partial charge is 0.259 e. The third kappa shape index (κ3) is 2.75. The lowest BCUT2D eigenvalue weighted by molar-refractivity contribution is 0.102. The fraction of sp³-hybridized carbons (Fsp3) is 0.0833. The zero-order valence-corrected chi connectivity index (χ0v) is 10.3. The summed E-state index contributed by atoms with van der Waals surface area (Å²) >= 11 is 5.99. The van der Waals surface area contributed by atoms with E-state index in [2.05, 4.69) is 15.3 Å². The lowest BCUT2D eigenvalue weighted by Gasteiger charge is -2.06. The van der Waals surface area contributed by atoms with E-state index in [0.29, 0.717) is 16.3 Å². The maximum absolute atomic E-state index is 11.9. The molecule has 92 valence electrons. The van der Waals surface area contributed by atoms with Gasteiger partial charge in [-0.15, -0.1) is 0 Å². The van der Waals surface area contributed by atoms with Gasteiger partial charge >= 0.3 is 0 Å². The van der Waals surface area contributed by atoms with Crippen LogP contribution in [0.15, 0.2) is 36.7 Å². The number of amides is 1. The summed E-state index contributed by atoms with van der Waals surface area (Å²) in [6, 6.07) is 6.48. The van der Waals surface area contributed by atoms with Crippen LogP contribution in [-0.2, 0) is 0 Å². The average Bonchev–Trinajstić information content (AvgIpc) is 2.39. The topological polar surface area (TPSA) is 64.1 Å². The van der Waals surface area contributed by atoms with E-state index in [4.69, 9.17) is 16.3 Å². The van der Waals surface area contributed by atoms with E-state index in [1.807, 2.05) is 0 Å². The monoisotopic (exact) mass is 263 g/mol. The molecule has 6 heteroatoms. The first-order valence-electron chi connectivity index (χ1n) is 5.12. The summed E-state index contributed by atoms with van der Waals surface area (Å²) in [5, 5.41) is 2.86. The number of aromatic nitrogens is 2. The molecule has 1 aromatic heterocycles. The Labute approximate surface area is 109 Å². The molecule has 0 aliphatic carbocycles. The molecular weight excluding hydrogens is 254 g/mol. The molecule has 0 spiro atoms. The van der Waals surface area contributed by atoms with E-state index in [9.17, 15) is 4.79 Å². The first-order valence-corrected chi connectivity index (χ1v) is 5.50. The highest BCUT2D eigenvalue weighted by atomic mass is 35.5. The Morgan fingerprint density at radius 3 is 2.67 bits per heavy atom. The molecule has 0 unspecified atom stereocenters. The van der Waals surface area contributed by atoms with Gasteiger partial charge in [-0.3, -0.25) is 10.1 Å². The van der Waals surface area contributed by atoms with Crippen molar-refractivity contribution >= 4 is 23.5 Å². The third-order valence-electron chi connectivity index (χ3n) is 2.21. The normalized spacial score (nSPS) is 9.89. The highest BCUT2D eigenvalue weighted by molar-refractivity contribution is 6.34. The molecule has 2 rings (SSSR count). The van der Waals surface area contributed by atoms with Crippen molar-refractivity contribution in [2.45, 2.75) is 0 Å². The number of hydrogen-bond donors (Lipinski definition) is 1. The summed E-state index contributed by atoms with van der Waals surface area (Å²) in [4.78, 5) is 19.7. The summed E-state index contributed by atoms with van der Waals surface area (Å²) in [7, 11) is 1.53. The Balaban J connectivity index is 2.19. The van der Waals surface area contributed by atoms with E-state index >= 15 is 0 Å². The van der Waals surface area contributed by atoms with Crippen LogP contribution in [0.5, 0.6) is 5.75 Å². The molecule has 0 saturated heterocycles. The third-order valence-corrected chi connectivity index (χ3v) is 2.52. The summed E-state index contributed by atoms with van der Waals surface area (Å²) in [6.45, 7) is 0. The van der Waals surface area contributed by atoms with Crippen molar-refractivity contribution in [3.63, 3.8) is 0 Å². The van der Waals surface area contributed by atoms with Crippen LogP contribution in [0.3, 0.4) is 0 Å². The average molecular weight is 264 g/mol. The largest absolute Gasteiger partial charge is 0.497 e. The minimum absolute atomic E-state index is 0.231. The minimum atomic E-state index is -0.367. The quantitative estimate of drug-likeness (QED) is 0.923. The fourth-order valence-corrected chi connectivity index (χ4v) is 1.60. The summed E-state index contributed by atoms with van der Waals surface area (Å²) in [5.74, 6) is 0.454. The Morgan fingerprint density at radius 2 is 2.06 bits per heavy atom. The van der Waals surface area contributed by atoms with E-state index in [1.165, 1.54) is 19.5 Å². The van der Waals surface area contributed by atoms with Gasteiger partial charge in [0.25, 0.3) is 5.91 Å². The molecular formula is C12H10ClN3O2. The predicted octanol–water partition coefficient (Wildman–Crippen LogP) is 2.39. The molecule has 1 amide bonds. The number of hydrogen-bond acceptors (Lipinski definition) is 4. The lowest BCUT2D eigenvalue weighted by atomic mass is 10.2. The Kier molecular flexibility index (Phi) is 3.74. The van der Waals surface area contributed by atoms with Gasteiger partial charge in [0.15, 0.2) is 0 Å². The first-order chi connectivity index (χ1) is 8.70. The van der Waals surface area contributed by atoms with E-state index in [0.717, 1.165) is 0 Å². The van der Waals surface area contributed by atoms with E-state index in [-0.39, 0.29) is 11.9 Å². The SMILES string of the molecule is COc1ccc(C(=O)Nc2ncccn2)c(Cl)c1. The number of carbonyl (C=O) groups is 1. The number of halogens is 1. The van der Waals surface area contributed by atoms with Crippen LogP contribution < -0.4 is 10.1 Å². The van der Waals surface area contributed by atoms with Crippen LogP contribution in [0.1, 0.15) is 10.4 Å². The zero-order valence-electron chi connectivity index (χ0n) is 9.55. The van der Waals surface area contributed by atoms with Crippen LogP contribution in [0, 0.1) is 0 Å². The number of nitrogens with one attached hydrogen (secondary N) is 1. The van der Waals surface area contributed by atoms with Gasteiger partial charge in [0.2, 0.25) is 5.95 Å². The second-order valence-corrected chi connectivity index (χ2v) is 3.78. The molecule has 1 heterocycles. The number of benzene rings is 1. The molecule has 0 bridgehead atoms. The van der Waals surface area contributed by atoms with Gasteiger partial charge in [0.05, 0.1) is 17.7 Å². The van der Waals surface area contributed by atoms with Crippen LogP contribution >= 0.6 is 11.6 Å². The molecule has 0 saturated carbocycles. The van der Waals surface area contributed by atoms with Crippen LogP contribution in [-0.4, -0.2) is 23.0 Å². The van der Waals surface area contributed by atoms with Crippen molar-refractivity contribution in [3.05, 3.63) is 47.2 Å². The van der Waals surface area contributed by atoms with Crippen molar-refractivity contribution < 1.29 is 9.53 Å². The van der Waals surface area contributed by atoms with Crippen molar-refractivity contribution in [1.29, 1.82) is 0 Å². The van der Waals surface area contributed by atoms with Crippen LogP contribution in [0.25, 0.3) is 0 Å². The molecule has 5 nitrogen and oxygen atoms in total. The molecule has 0 radical (unpaired) electrons. The van der Waals surface area contributed by atoms with Crippen LogP contribution in [0.2, 0.25) is 5.02 Å². The van der Waals surface area contributed by atoms with Gasteiger partial charge < -0.3 is 4.74 Å². The van der Waals surface area contributed by atoms with Crippen molar-refractivity contribution in [2.24, 2.45) is 0 Å². The molecule has 1 N–H and O–H groups in total. The highest BCUT2D eigenvalue weighted by Gasteiger charge is 2.12. The Hall–Kier alpha value is -2.14. The van der Waals surface area contributed by atoms with Gasteiger partial charge in [-0.1, -0.05) is 11.6 Å². The lowest BCUT2D eigenvalue weighted by Crippen LogP contribution is -2.14. The maximum atomic E-state index is 11.9. The zero-order chi connectivity index (χ0) is 13.0. The van der Waals surface area contributed by atoms with E-state index in [1.54, 1.807) is 24.3 Å². The van der Waals surface area contributed by atoms with Crippen LogP contribution in [0.4, 0.5) is 5.95 Å². The number of methoxy groups -OCH3 is 1. The summed E-state index contributed by atoms with van der Waals surface area (Å²) < 4.78 is 5.01. The summed E-state index contributed by atoms with van der Waals surface area (Å²) in [6.07, 6.45) is 3.08. The number of ether oxygens (including phenoxy) is 1. The molecule has 2 aromatic rings. The van der Waals surface area contributed by atoms with Crippen molar-refractivity contribution in [3.8, 4) is 5.75 Å². The molecule has 0 fully saturated rings. The molecule has 1 aromatic carbocycles. The van der Waals surface area contributed by atoms with Gasteiger partial charge in [-0.2, -0.15) is 0 Å². The number of anilines is 1. The molecule has 18 heavy (non-hydrogen) atoms. The van der Waals surface area contributed by atoms with E-state index < -0.39 is 0 Å². The van der Waals surface area contributed by atoms with Crippen molar-refractivity contribution in [2.75, 3.05) is 12.4 Å². The fourth-order valence-electron chi connectivity index (χ4n) is 1.34. The number of carbonyl (C=O) groups excluding carboxylic acids is 1. The number of nitrogens with zero attached hydrogens (tertiary/aromatic N) is 2. The Bertz CT molecular complexity index is 561. The Morgan fingerprint density at radius 1 is 1.33 bits per heavy atom. The first kappa shape index (κ1) is 12.3. The highest BCUT2D eigenvalue weighted by Crippen LogP contribution is 2.22. The standard InChI is InChI=1S/C12H10ClN3O2/c1-18-8-3-4-9(10(13)7-8)11(17)16-12-14-5-2-6-15-12/h2-7H,1H3,(H,14,15,16,17). The maximum Gasteiger partial charge on any atom is 0.259 e. The predicted molar refractivity (Wildman–Crippen MR) is 68.0 cm³/mol. The molecule has 0 atom stereocenters. The van der Waals surface area contributed by atoms with Gasteiger partial charge in [-0.25, -0.2) is 9.97 Å².